The molecule has 4 unspecified atom stereocenters. The molecular weight excluding hydrogens is 556 g/mol. The maximum atomic E-state index is 13.0. The monoisotopic (exact) mass is 628 g/mol. The Hall–Kier alpha value is -0.0500. The molecule has 0 aromatic rings. The first-order valence-electron chi connectivity index (χ1n) is 17.7. The van der Waals surface area contributed by atoms with Crippen molar-refractivity contribution in [3.63, 3.8) is 0 Å². The standard InChI is InChI=1S/C37H73BrO2/c1-29(2)15-12-18-32(7)22-25-35(26-23-33(8)19-13-16-30(3)4)36(40-37(39)21-10-11-28-38)27-24-34(9)20-14-17-31(5)6/h29-36H,10-28H2,1-9H3. The summed E-state index contributed by atoms with van der Waals surface area (Å²) >= 11 is 3.51. The molecular formula is C37H73BrO2. The van der Waals surface area contributed by atoms with Gasteiger partial charge in [-0.3, -0.25) is 4.79 Å². The summed E-state index contributed by atoms with van der Waals surface area (Å²) in [6.45, 7) is 21.3. The zero-order valence-corrected chi connectivity index (χ0v) is 30.3. The van der Waals surface area contributed by atoms with E-state index in [1.807, 2.05) is 0 Å². The third-order valence-electron chi connectivity index (χ3n) is 9.01. The Morgan fingerprint density at radius 2 is 0.900 bits per heavy atom. The number of alkyl halides is 1. The van der Waals surface area contributed by atoms with Crippen molar-refractivity contribution in [1.82, 2.24) is 0 Å². The van der Waals surface area contributed by atoms with E-state index in [0.29, 0.717) is 18.3 Å². The number of carbonyl (C=O) groups is 1. The molecule has 0 aromatic heterocycles. The summed E-state index contributed by atoms with van der Waals surface area (Å²) < 4.78 is 6.39. The van der Waals surface area contributed by atoms with Gasteiger partial charge in [0.1, 0.15) is 6.10 Å². The van der Waals surface area contributed by atoms with Crippen LogP contribution in [0.3, 0.4) is 0 Å². The van der Waals surface area contributed by atoms with E-state index < -0.39 is 0 Å². The van der Waals surface area contributed by atoms with E-state index in [1.54, 1.807) is 0 Å². The molecule has 3 heteroatoms. The SMILES string of the molecule is CC(C)CCCC(C)CCC(CCC(C)CCCC(C)C)C(CCC(C)CCCC(C)C)OC(=O)CCCCBr. The van der Waals surface area contributed by atoms with Crippen molar-refractivity contribution in [1.29, 1.82) is 0 Å². The topological polar surface area (TPSA) is 26.3 Å². The molecule has 240 valence electrons. The molecule has 0 spiro atoms. The summed E-state index contributed by atoms with van der Waals surface area (Å²) in [5.41, 5.74) is 0. The number of halogens is 1. The van der Waals surface area contributed by atoms with E-state index in [0.717, 1.165) is 54.2 Å². The third kappa shape index (κ3) is 24.5. The molecule has 0 aromatic carbocycles. The molecule has 2 nitrogen and oxygen atoms in total. The smallest absolute Gasteiger partial charge is 0.306 e. The summed E-state index contributed by atoms with van der Waals surface area (Å²) in [6.07, 6.45) is 21.8. The van der Waals surface area contributed by atoms with Crippen molar-refractivity contribution in [3.8, 4) is 0 Å². The molecule has 0 bridgehead atoms. The van der Waals surface area contributed by atoms with Crippen LogP contribution in [0.25, 0.3) is 0 Å². The van der Waals surface area contributed by atoms with E-state index in [4.69, 9.17) is 4.74 Å². The Kier molecular flexibility index (Phi) is 25.4. The first-order chi connectivity index (χ1) is 18.9. The van der Waals surface area contributed by atoms with Crippen LogP contribution in [0.4, 0.5) is 0 Å². The minimum atomic E-state index is 0.0402. The minimum Gasteiger partial charge on any atom is -0.462 e. The number of esters is 1. The first kappa shape index (κ1) is 40.0. The normalized spacial score (nSPS) is 15.9. The summed E-state index contributed by atoms with van der Waals surface area (Å²) in [4.78, 5) is 13.0. The molecule has 0 aliphatic heterocycles. The van der Waals surface area contributed by atoms with Gasteiger partial charge in [0.05, 0.1) is 0 Å². The molecule has 0 N–H and O–H groups in total. The quantitative estimate of drug-likeness (QED) is 0.0513. The lowest BCUT2D eigenvalue weighted by Gasteiger charge is -2.30. The first-order valence-corrected chi connectivity index (χ1v) is 18.8. The lowest BCUT2D eigenvalue weighted by Crippen LogP contribution is -2.29. The average molecular weight is 630 g/mol. The fraction of sp³-hybridized carbons (Fsp3) is 0.973. The van der Waals surface area contributed by atoms with Crippen LogP contribution >= 0.6 is 15.9 Å². The molecule has 0 aliphatic rings. The van der Waals surface area contributed by atoms with E-state index in [1.165, 1.54) is 89.9 Å². The van der Waals surface area contributed by atoms with Gasteiger partial charge in [0, 0.05) is 11.8 Å². The van der Waals surface area contributed by atoms with Crippen molar-refractivity contribution >= 4 is 21.9 Å². The summed E-state index contributed by atoms with van der Waals surface area (Å²) in [6, 6.07) is 0. The lowest BCUT2D eigenvalue weighted by molar-refractivity contribution is -0.153. The Balaban J connectivity index is 5.37. The lowest BCUT2D eigenvalue weighted by atomic mass is 9.82. The summed E-state index contributed by atoms with van der Waals surface area (Å²) in [5.74, 6) is 5.15. The highest BCUT2D eigenvalue weighted by molar-refractivity contribution is 9.09. The second-order valence-corrected chi connectivity index (χ2v) is 15.7. The van der Waals surface area contributed by atoms with Crippen LogP contribution < -0.4 is 0 Å². The zero-order valence-electron chi connectivity index (χ0n) is 28.7. The van der Waals surface area contributed by atoms with E-state index in [2.05, 4.69) is 78.2 Å². The van der Waals surface area contributed by atoms with E-state index in [-0.39, 0.29) is 12.1 Å². The zero-order chi connectivity index (χ0) is 30.3. The Labute approximate surface area is 261 Å². The van der Waals surface area contributed by atoms with Crippen molar-refractivity contribution in [2.45, 2.75) is 184 Å². The van der Waals surface area contributed by atoms with Gasteiger partial charge in [-0.2, -0.15) is 0 Å². The summed E-state index contributed by atoms with van der Waals surface area (Å²) in [7, 11) is 0. The predicted molar refractivity (Wildman–Crippen MR) is 182 cm³/mol. The summed E-state index contributed by atoms with van der Waals surface area (Å²) in [5, 5.41) is 0.962. The number of ether oxygens (including phenoxy) is 1. The maximum absolute atomic E-state index is 13.0. The number of rotatable bonds is 27. The van der Waals surface area contributed by atoms with Gasteiger partial charge in [0.15, 0.2) is 0 Å². The molecule has 0 saturated carbocycles. The third-order valence-corrected chi connectivity index (χ3v) is 9.57. The Morgan fingerprint density at radius 3 is 1.27 bits per heavy atom. The van der Waals surface area contributed by atoms with Gasteiger partial charge in [-0.1, -0.05) is 149 Å². The maximum Gasteiger partial charge on any atom is 0.306 e. The van der Waals surface area contributed by atoms with Crippen molar-refractivity contribution < 1.29 is 9.53 Å². The van der Waals surface area contributed by atoms with Crippen LogP contribution in [0, 0.1) is 41.4 Å². The van der Waals surface area contributed by atoms with Crippen LogP contribution in [-0.2, 0) is 9.53 Å². The van der Waals surface area contributed by atoms with Gasteiger partial charge < -0.3 is 4.74 Å². The van der Waals surface area contributed by atoms with Crippen molar-refractivity contribution in [3.05, 3.63) is 0 Å². The Bertz CT molecular complexity index is 549. The molecule has 40 heavy (non-hydrogen) atoms. The van der Waals surface area contributed by atoms with Gasteiger partial charge in [-0.25, -0.2) is 0 Å². The largest absolute Gasteiger partial charge is 0.462 e. The molecule has 0 rings (SSSR count). The van der Waals surface area contributed by atoms with Crippen LogP contribution in [0.15, 0.2) is 0 Å². The predicted octanol–water partition coefficient (Wildman–Crippen LogP) is 12.8. The van der Waals surface area contributed by atoms with Crippen molar-refractivity contribution in [2.75, 3.05) is 5.33 Å². The number of carbonyl (C=O) groups excluding carboxylic acids is 1. The van der Waals surface area contributed by atoms with Gasteiger partial charge in [-0.05, 0) is 80.0 Å². The Morgan fingerprint density at radius 1 is 0.500 bits per heavy atom. The molecule has 0 heterocycles. The van der Waals surface area contributed by atoms with Gasteiger partial charge in [0.2, 0.25) is 0 Å². The van der Waals surface area contributed by atoms with Crippen LogP contribution in [-0.4, -0.2) is 17.4 Å². The molecule has 0 aliphatic carbocycles. The van der Waals surface area contributed by atoms with Crippen molar-refractivity contribution in [2.24, 2.45) is 41.4 Å². The van der Waals surface area contributed by atoms with Crippen LogP contribution in [0.2, 0.25) is 0 Å². The van der Waals surface area contributed by atoms with Gasteiger partial charge in [-0.15, -0.1) is 0 Å². The number of unbranched alkanes of at least 4 members (excludes halogenated alkanes) is 1. The molecule has 0 fully saturated rings. The number of hydrogen-bond acceptors (Lipinski definition) is 2. The molecule has 0 saturated heterocycles. The highest BCUT2D eigenvalue weighted by atomic mass is 79.9. The molecule has 4 atom stereocenters. The highest BCUT2D eigenvalue weighted by Crippen LogP contribution is 2.32. The number of hydrogen-bond donors (Lipinski definition) is 0. The van der Waals surface area contributed by atoms with E-state index >= 15 is 0 Å². The molecule has 0 amide bonds. The van der Waals surface area contributed by atoms with Gasteiger partial charge >= 0.3 is 5.97 Å². The molecule has 0 radical (unpaired) electrons. The fourth-order valence-electron chi connectivity index (χ4n) is 6.00. The van der Waals surface area contributed by atoms with Crippen LogP contribution in [0.1, 0.15) is 178 Å². The van der Waals surface area contributed by atoms with Crippen LogP contribution in [0.5, 0.6) is 0 Å². The van der Waals surface area contributed by atoms with E-state index in [9.17, 15) is 4.79 Å². The van der Waals surface area contributed by atoms with Gasteiger partial charge in [0.25, 0.3) is 0 Å². The average Bonchev–Trinajstić information content (AvgIpc) is 2.86. The second kappa shape index (κ2) is 25.4. The highest BCUT2D eigenvalue weighted by Gasteiger charge is 2.27. The minimum absolute atomic E-state index is 0.0402. The second-order valence-electron chi connectivity index (χ2n) is 15.0. The fourth-order valence-corrected chi connectivity index (χ4v) is 6.40.